The van der Waals surface area contributed by atoms with Crippen LogP contribution in [0.4, 0.5) is 5.82 Å². The number of hydrogen-bond donors (Lipinski definition) is 1. The summed E-state index contributed by atoms with van der Waals surface area (Å²) in [5.41, 5.74) is 0.102. The topological polar surface area (TPSA) is 34.1 Å². The van der Waals surface area contributed by atoms with Crippen LogP contribution in [0.1, 0.15) is 26.7 Å². The van der Waals surface area contributed by atoms with Crippen molar-refractivity contribution in [2.24, 2.45) is 5.92 Å². The lowest BCUT2D eigenvalue weighted by molar-refractivity contribution is 0.415. The van der Waals surface area contributed by atoms with Crippen LogP contribution in [0.3, 0.4) is 0 Å². The molecule has 19 heavy (non-hydrogen) atoms. The number of nitrogens with zero attached hydrogens (tertiary/aromatic N) is 1. The van der Waals surface area contributed by atoms with E-state index in [0.29, 0.717) is 0 Å². The summed E-state index contributed by atoms with van der Waals surface area (Å²) in [6.07, 6.45) is 4.49. The summed E-state index contributed by atoms with van der Waals surface area (Å²) in [6, 6.07) is 8.14. The fourth-order valence-corrected chi connectivity index (χ4v) is 2.59. The Labute approximate surface area is 114 Å². The zero-order chi connectivity index (χ0) is 13.5. The molecule has 1 aliphatic carbocycles. The Hall–Kier alpha value is -1.77. The molecule has 1 aromatic carbocycles. The van der Waals surface area contributed by atoms with Crippen molar-refractivity contribution in [2.75, 3.05) is 12.4 Å². The third kappa shape index (κ3) is 2.37. The third-order valence-electron chi connectivity index (χ3n) is 4.01. The highest BCUT2D eigenvalue weighted by molar-refractivity contribution is 5.93. The Kier molecular flexibility index (Phi) is 2.85. The Morgan fingerprint density at radius 3 is 2.74 bits per heavy atom. The van der Waals surface area contributed by atoms with Gasteiger partial charge >= 0.3 is 0 Å². The van der Waals surface area contributed by atoms with Crippen LogP contribution in [0.5, 0.6) is 5.75 Å². The van der Waals surface area contributed by atoms with Crippen molar-refractivity contribution < 1.29 is 4.74 Å². The molecule has 1 aromatic heterocycles. The Morgan fingerprint density at radius 2 is 2.05 bits per heavy atom. The van der Waals surface area contributed by atoms with E-state index in [0.717, 1.165) is 22.9 Å². The molecule has 1 heterocycles. The molecule has 1 saturated carbocycles. The van der Waals surface area contributed by atoms with Gasteiger partial charge in [-0.05, 0) is 56.2 Å². The Morgan fingerprint density at radius 1 is 1.26 bits per heavy atom. The molecule has 1 fully saturated rings. The molecule has 0 amide bonds. The zero-order valence-corrected chi connectivity index (χ0v) is 11.7. The van der Waals surface area contributed by atoms with Crippen molar-refractivity contribution >= 4 is 16.6 Å². The average molecular weight is 256 g/mol. The molecule has 3 nitrogen and oxygen atoms in total. The average Bonchev–Trinajstić information content (AvgIpc) is 3.23. The minimum atomic E-state index is 0.102. The van der Waals surface area contributed by atoms with Crippen LogP contribution in [0.15, 0.2) is 30.5 Å². The second-order valence-corrected chi connectivity index (χ2v) is 5.87. The lowest BCUT2D eigenvalue weighted by Crippen LogP contribution is -2.33. The zero-order valence-electron chi connectivity index (χ0n) is 11.7. The number of rotatable bonds is 4. The lowest BCUT2D eigenvalue weighted by Gasteiger charge is -2.27. The second-order valence-electron chi connectivity index (χ2n) is 5.87. The van der Waals surface area contributed by atoms with Gasteiger partial charge in [0.15, 0.2) is 0 Å². The monoisotopic (exact) mass is 256 g/mol. The van der Waals surface area contributed by atoms with Crippen LogP contribution in [0, 0.1) is 5.92 Å². The highest BCUT2D eigenvalue weighted by atomic mass is 16.5. The molecular formula is C16H20N2O. The summed E-state index contributed by atoms with van der Waals surface area (Å²) in [5, 5.41) is 5.91. The summed E-state index contributed by atoms with van der Waals surface area (Å²) in [7, 11) is 1.69. The molecule has 0 unspecified atom stereocenters. The van der Waals surface area contributed by atoms with Crippen LogP contribution in [-0.2, 0) is 0 Å². The van der Waals surface area contributed by atoms with Crippen molar-refractivity contribution in [2.45, 2.75) is 32.2 Å². The van der Waals surface area contributed by atoms with E-state index in [2.05, 4.69) is 30.2 Å². The quantitative estimate of drug-likeness (QED) is 0.902. The summed E-state index contributed by atoms with van der Waals surface area (Å²) in [6.45, 7) is 4.51. The molecule has 1 aliphatic rings. The first-order chi connectivity index (χ1) is 9.10. The second kappa shape index (κ2) is 4.41. The van der Waals surface area contributed by atoms with Crippen molar-refractivity contribution in [1.29, 1.82) is 0 Å². The molecule has 0 atom stereocenters. The molecule has 3 heteroatoms. The maximum Gasteiger partial charge on any atom is 0.134 e. The maximum absolute atomic E-state index is 5.31. The van der Waals surface area contributed by atoms with E-state index in [1.54, 1.807) is 7.11 Å². The maximum atomic E-state index is 5.31. The van der Waals surface area contributed by atoms with Gasteiger partial charge in [-0.25, -0.2) is 4.98 Å². The van der Waals surface area contributed by atoms with Gasteiger partial charge in [0.1, 0.15) is 11.6 Å². The number of nitrogens with one attached hydrogen (secondary N) is 1. The highest BCUT2D eigenvalue weighted by Crippen LogP contribution is 2.41. The van der Waals surface area contributed by atoms with Crippen molar-refractivity contribution in [1.82, 2.24) is 4.98 Å². The molecular weight excluding hydrogens is 236 g/mol. The van der Waals surface area contributed by atoms with E-state index in [4.69, 9.17) is 4.74 Å². The number of aromatic nitrogens is 1. The van der Waals surface area contributed by atoms with Gasteiger partial charge < -0.3 is 10.1 Å². The number of fused-ring (bicyclic) bond motifs is 1. The van der Waals surface area contributed by atoms with E-state index >= 15 is 0 Å². The van der Waals surface area contributed by atoms with Gasteiger partial charge in [-0.1, -0.05) is 6.07 Å². The lowest BCUT2D eigenvalue weighted by atomic mass is 9.98. The van der Waals surface area contributed by atoms with Gasteiger partial charge in [-0.15, -0.1) is 0 Å². The van der Waals surface area contributed by atoms with E-state index in [9.17, 15) is 0 Å². The summed E-state index contributed by atoms with van der Waals surface area (Å²) < 4.78 is 5.31. The molecule has 0 radical (unpaired) electrons. The first kappa shape index (κ1) is 12.3. The summed E-state index contributed by atoms with van der Waals surface area (Å²) >= 11 is 0. The smallest absolute Gasteiger partial charge is 0.134 e. The standard InChI is InChI=1S/C16H20N2O/c1-16(2,12-5-6-12)18-15-14-10-13(19-3)7-4-11(14)8-9-17-15/h4,7-10,12H,5-6H2,1-3H3,(H,17,18). The van der Waals surface area contributed by atoms with Gasteiger partial charge in [0.25, 0.3) is 0 Å². The summed E-state index contributed by atoms with van der Waals surface area (Å²) in [4.78, 5) is 4.51. The molecule has 100 valence electrons. The molecule has 0 bridgehead atoms. The van der Waals surface area contributed by atoms with Gasteiger partial charge in [-0.2, -0.15) is 0 Å². The highest BCUT2D eigenvalue weighted by Gasteiger charge is 2.38. The van der Waals surface area contributed by atoms with E-state index < -0.39 is 0 Å². The largest absolute Gasteiger partial charge is 0.497 e. The SMILES string of the molecule is COc1ccc2ccnc(NC(C)(C)C3CC3)c2c1. The predicted molar refractivity (Wildman–Crippen MR) is 78.7 cm³/mol. The molecule has 3 rings (SSSR count). The minimum Gasteiger partial charge on any atom is -0.497 e. The van der Waals surface area contributed by atoms with Gasteiger partial charge in [-0.3, -0.25) is 0 Å². The summed E-state index contributed by atoms with van der Waals surface area (Å²) in [5.74, 6) is 2.58. The molecule has 0 spiro atoms. The van der Waals surface area contributed by atoms with Crippen LogP contribution in [-0.4, -0.2) is 17.6 Å². The minimum absolute atomic E-state index is 0.102. The van der Waals surface area contributed by atoms with Gasteiger partial charge in [0.05, 0.1) is 7.11 Å². The fraction of sp³-hybridized carbons (Fsp3) is 0.438. The van der Waals surface area contributed by atoms with Crippen LogP contribution >= 0.6 is 0 Å². The molecule has 1 N–H and O–H groups in total. The first-order valence-corrected chi connectivity index (χ1v) is 6.81. The van der Waals surface area contributed by atoms with Crippen LogP contribution < -0.4 is 10.1 Å². The van der Waals surface area contributed by atoms with Crippen LogP contribution in [0.25, 0.3) is 10.8 Å². The van der Waals surface area contributed by atoms with Crippen molar-refractivity contribution in [3.8, 4) is 5.75 Å². The predicted octanol–water partition coefficient (Wildman–Crippen LogP) is 3.84. The van der Waals surface area contributed by atoms with Gasteiger partial charge in [0.2, 0.25) is 0 Å². The van der Waals surface area contributed by atoms with E-state index in [-0.39, 0.29) is 5.54 Å². The third-order valence-corrected chi connectivity index (χ3v) is 4.01. The van der Waals surface area contributed by atoms with Crippen molar-refractivity contribution in [3.05, 3.63) is 30.5 Å². The fourth-order valence-electron chi connectivity index (χ4n) is 2.59. The number of ether oxygens (including phenoxy) is 1. The normalized spacial score (nSPS) is 15.5. The molecule has 2 aromatic rings. The Balaban J connectivity index is 2.02. The van der Waals surface area contributed by atoms with Crippen LogP contribution in [0.2, 0.25) is 0 Å². The van der Waals surface area contributed by atoms with Crippen molar-refractivity contribution in [3.63, 3.8) is 0 Å². The number of benzene rings is 1. The Bertz CT molecular complexity index is 603. The number of methoxy groups -OCH3 is 1. The molecule has 0 aliphatic heterocycles. The van der Waals surface area contributed by atoms with Gasteiger partial charge in [0, 0.05) is 17.1 Å². The number of pyridine rings is 1. The number of hydrogen-bond acceptors (Lipinski definition) is 3. The number of anilines is 1. The van der Waals surface area contributed by atoms with E-state index in [1.807, 2.05) is 24.4 Å². The van der Waals surface area contributed by atoms with E-state index in [1.165, 1.54) is 18.2 Å². The first-order valence-electron chi connectivity index (χ1n) is 6.81. The molecule has 0 saturated heterocycles.